The van der Waals surface area contributed by atoms with Crippen molar-refractivity contribution in [2.45, 2.75) is 0 Å². The van der Waals surface area contributed by atoms with Gasteiger partial charge in [0, 0.05) is 38.4 Å². The largest absolute Gasteiger partial charge is 0.292 e. The zero-order chi connectivity index (χ0) is 39.5. The van der Waals surface area contributed by atoms with Gasteiger partial charge in [-0.25, -0.2) is 4.98 Å². The van der Waals surface area contributed by atoms with Crippen LogP contribution in [0.2, 0.25) is 0 Å². The molecule has 60 heavy (non-hydrogen) atoms. The Morgan fingerprint density at radius 2 is 1.03 bits per heavy atom. The van der Waals surface area contributed by atoms with E-state index < -0.39 is 7.29 Å². The molecule has 9 aromatic carbocycles. The molecule has 4 heterocycles. The lowest BCUT2D eigenvalue weighted by molar-refractivity contribution is 0.583. The summed E-state index contributed by atoms with van der Waals surface area (Å²) in [6, 6.07) is 67.7. The van der Waals surface area contributed by atoms with E-state index in [0.29, 0.717) is 5.30 Å². The molecule has 0 saturated carbocycles. The second kappa shape index (κ2) is 12.5. The van der Waals surface area contributed by atoms with Gasteiger partial charge in [-0.1, -0.05) is 133 Å². The van der Waals surface area contributed by atoms with E-state index in [0.717, 1.165) is 76.7 Å². The average molecular weight is 785 g/mol. The molecule has 0 radical (unpaired) electrons. The molecule has 0 amide bonds. The molecule has 5 nitrogen and oxygen atoms in total. The summed E-state index contributed by atoms with van der Waals surface area (Å²) in [7, 11) is -3.46. The van der Waals surface area contributed by atoms with Crippen molar-refractivity contribution >= 4 is 111 Å². The fraction of sp³-hybridized carbons (Fsp3) is 0. The highest BCUT2D eigenvalue weighted by Crippen LogP contribution is 2.51. The summed E-state index contributed by atoms with van der Waals surface area (Å²) in [4.78, 5) is 10.4. The summed E-state index contributed by atoms with van der Waals surface area (Å²) in [5, 5.41) is 12.9. The van der Waals surface area contributed by atoms with Crippen LogP contribution in [-0.4, -0.2) is 18.7 Å². The van der Waals surface area contributed by atoms with Crippen molar-refractivity contribution in [2.24, 2.45) is 0 Å². The minimum atomic E-state index is -3.46. The van der Waals surface area contributed by atoms with Crippen LogP contribution >= 0.6 is 7.29 Å². The number of rotatable bonds is 4. The Balaban J connectivity index is 1.01. The number of benzene rings is 9. The molecule has 0 bridgehead atoms. The van der Waals surface area contributed by atoms with Crippen LogP contribution in [-0.2, 0) is 4.57 Å². The molecule has 0 saturated heterocycles. The number of pyridine rings is 2. The molecule has 13 aromatic rings. The molecule has 280 valence electrons. The zero-order valence-corrected chi connectivity index (χ0v) is 33.1. The third-order valence-corrected chi connectivity index (χ3v) is 15.4. The van der Waals surface area contributed by atoms with E-state index in [-0.39, 0.29) is 0 Å². The van der Waals surface area contributed by atoms with Crippen LogP contribution in [0.15, 0.2) is 200 Å². The maximum absolute atomic E-state index is 16.1. The quantitative estimate of drug-likeness (QED) is 0.101. The van der Waals surface area contributed by atoms with E-state index in [4.69, 9.17) is 9.97 Å². The predicted octanol–water partition coefficient (Wildman–Crippen LogP) is 13.2. The Morgan fingerprint density at radius 3 is 1.82 bits per heavy atom. The van der Waals surface area contributed by atoms with E-state index in [9.17, 15) is 0 Å². The average Bonchev–Trinajstić information content (AvgIpc) is 3.87. The van der Waals surface area contributed by atoms with Crippen molar-refractivity contribution in [2.75, 3.05) is 0 Å². The first-order valence-electron chi connectivity index (χ1n) is 20.3. The van der Waals surface area contributed by atoms with Gasteiger partial charge in [0.2, 0.25) is 7.29 Å². The lowest BCUT2D eigenvalue weighted by Gasteiger charge is -2.23. The van der Waals surface area contributed by atoms with Crippen molar-refractivity contribution in [1.29, 1.82) is 0 Å². The van der Waals surface area contributed by atoms with Crippen molar-refractivity contribution in [3.8, 4) is 11.1 Å². The number of aromatic nitrogens is 4. The summed E-state index contributed by atoms with van der Waals surface area (Å²) < 4.78 is 20.5. The van der Waals surface area contributed by atoms with Gasteiger partial charge in [0.25, 0.3) is 0 Å². The topological polar surface area (TPSA) is 52.2 Å². The van der Waals surface area contributed by atoms with Gasteiger partial charge in [0.1, 0.15) is 5.65 Å². The predicted molar refractivity (Wildman–Crippen MR) is 252 cm³/mol. The van der Waals surface area contributed by atoms with Gasteiger partial charge in [0.05, 0.1) is 38.4 Å². The molecule has 0 aliphatic carbocycles. The molecule has 4 aromatic heterocycles. The third-order valence-electron chi connectivity index (χ3n) is 12.5. The summed E-state index contributed by atoms with van der Waals surface area (Å²) in [6.45, 7) is 0. The van der Waals surface area contributed by atoms with E-state index >= 15 is 4.57 Å². The molecule has 6 heteroatoms. The smallest absolute Gasteiger partial charge is 0.235 e. The highest BCUT2D eigenvalue weighted by atomic mass is 31.2. The molecule has 0 aliphatic rings. The van der Waals surface area contributed by atoms with Crippen molar-refractivity contribution in [3.05, 3.63) is 200 Å². The third kappa shape index (κ3) is 4.67. The number of nitrogens with zero attached hydrogens (tertiary/aromatic N) is 4. The van der Waals surface area contributed by atoms with Crippen LogP contribution in [0.25, 0.3) is 104 Å². The Kier molecular flexibility index (Phi) is 6.93. The first kappa shape index (κ1) is 33.4. The van der Waals surface area contributed by atoms with Gasteiger partial charge in [-0.2, -0.15) is 0 Å². The highest BCUT2D eigenvalue weighted by Gasteiger charge is 2.33. The van der Waals surface area contributed by atoms with Gasteiger partial charge in [0.15, 0.2) is 0 Å². The van der Waals surface area contributed by atoms with E-state index in [1.165, 1.54) is 32.3 Å². The van der Waals surface area contributed by atoms with Crippen LogP contribution in [0.5, 0.6) is 0 Å². The molecule has 13 rings (SSSR count). The molecular weight excluding hydrogens is 752 g/mol. The van der Waals surface area contributed by atoms with Crippen LogP contribution < -0.4 is 10.6 Å². The maximum atomic E-state index is 16.1. The summed E-state index contributed by atoms with van der Waals surface area (Å²) >= 11 is 0. The normalized spacial score (nSPS) is 13.2. The maximum Gasteiger partial charge on any atom is 0.235 e. The lowest BCUT2D eigenvalue weighted by Crippen LogP contribution is -2.22. The van der Waals surface area contributed by atoms with Crippen LogP contribution in [0.1, 0.15) is 0 Å². The molecular formula is C54H33N4OP. The second-order valence-corrected chi connectivity index (χ2v) is 18.3. The molecule has 1 atom stereocenters. The number of hydrogen-bond acceptors (Lipinski definition) is 3. The number of fused-ring (bicyclic) bond motifs is 15. The van der Waals surface area contributed by atoms with Gasteiger partial charge in [-0.3, -0.25) is 18.3 Å². The second-order valence-electron chi connectivity index (χ2n) is 15.8. The Morgan fingerprint density at radius 1 is 0.400 bits per heavy atom. The Hall–Kier alpha value is -7.59. The van der Waals surface area contributed by atoms with Gasteiger partial charge in [-0.05, 0) is 98.7 Å². The van der Waals surface area contributed by atoms with E-state index in [1.54, 1.807) is 0 Å². The van der Waals surface area contributed by atoms with Crippen LogP contribution in [0.4, 0.5) is 0 Å². The van der Waals surface area contributed by atoms with Gasteiger partial charge in [-0.15, -0.1) is 0 Å². The number of para-hydroxylation sites is 2. The number of imidazole rings is 1. The summed E-state index contributed by atoms with van der Waals surface area (Å²) in [5.41, 5.74) is 8.91. The molecule has 0 fully saturated rings. The minimum absolute atomic E-state index is 0.687. The van der Waals surface area contributed by atoms with Crippen LogP contribution in [0, 0.1) is 0 Å². The summed E-state index contributed by atoms with van der Waals surface area (Å²) in [5.74, 6) is 0. The van der Waals surface area contributed by atoms with E-state index in [2.05, 4.69) is 148 Å². The Labute approximate surface area is 343 Å². The minimum Gasteiger partial charge on any atom is -0.292 e. The molecule has 0 spiro atoms. The SMILES string of the molecule is O=P(c1ccccc1)(c1cnc2cc(-c3ccc4nc5c6c7ccccc7ccc6c6cc7ccccc7cc6n5c4c3)ccc2c1)n1c2ccccc2c2ccccc21. The fourth-order valence-corrected chi connectivity index (χ4v) is 12.5. The van der Waals surface area contributed by atoms with Gasteiger partial charge < -0.3 is 0 Å². The zero-order valence-electron chi connectivity index (χ0n) is 32.2. The first-order valence-corrected chi connectivity index (χ1v) is 21.9. The number of hydrogen-bond donors (Lipinski definition) is 0. The van der Waals surface area contributed by atoms with Crippen LogP contribution in [0.3, 0.4) is 0 Å². The van der Waals surface area contributed by atoms with E-state index in [1.807, 2.05) is 60.8 Å². The van der Waals surface area contributed by atoms with Crippen molar-refractivity contribution < 1.29 is 4.57 Å². The molecule has 0 aliphatic heterocycles. The molecule has 1 unspecified atom stereocenters. The highest BCUT2D eigenvalue weighted by molar-refractivity contribution is 7.77. The Bertz CT molecular complexity index is 3940. The fourth-order valence-electron chi connectivity index (χ4n) is 9.70. The van der Waals surface area contributed by atoms with Gasteiger partial charge >= 0.3 is 0 Å². The van der Waals surface area contributed by atoms with Crippen molar-refractivity contribution in [1.82, 2.24) is 18.7 Å². The van der Waals surface area contributed by atoms with Crippen molar-refractivity contribution in [3.63, 3.8) is 0 Å². The summed E-state index contributed by atoms with van der Waals surface area (Å²) in [6.07, 6.45) is 1.82. The lowest BCUT2D eigenvalue weighted by atomic mass is 9.97. The standard InChI is InChI=1S/C54H33N4OP/c59-60(40-15-2-1-3-16-40,58-49-20-10-8-18-43(49)44-19-9-11-21-50(44)58)41-28-39-23-22-37(30-48(39)55-33-41)38-25-27-47-52(32-38)57-51-31-36-14-5-4-13-35(36)29-46(51)45-26-24-34-12-6-7-17-42(34)53(45)54(57)56-47/h1-33H. The monoisotopic (exact) mass is 784 g/mol. The molecule has 0 N–H and O–H groups in total. The first-order chi connectivity index (χ1) is 29.6.